The third-order valence-electron chi connectivity index (χ3n) is 6.28. The molecule has 2 aromatic heterocycles. The van der Waals surface area contributed by atoms with Gasteiger partial charge in [-0.15, -0.1) is 0 Å². The van der Waals surface area contributed by atoms with E-state index >= 15 is 0 Å². The summed E-state index contributed by atoms with van der Waals surface area (Å²) in [4.78, 5) is 31.9. The van der Waals surface area contributed by atoms with Crippen molar-refractivity contribution in [3.63, 3.8) is 0 Å². The maximum absolute atomic E-state index is 13.3. The number of rotatable bonds is 8. The molecule has 3 saturated carbocycles. The van der Waals surface area contributed by atoms with Gasteiger partial charge in [0, 0.05) is 50.9 Å². The van der Waals surface area contributed by atoms with Crippen LogP contribution in [0.3, 0.4) is 0 Å². The molecule has 0 unspecified atom stereocenters. The predicted molar refractivity (Wildman–Crippen MR) is 125 cm³/mol. The highest BCUT2D eigenvalue weighted by Gasteiger charge is 2.60. The maximum Gasteiger partial charge on any atom is 0.257 e. The molecule has 31 heavy (non-hydrogen) atoms. The van der Waals surface area contributed by atoms with Gasteiger partial charge in [0.25, 0.3) is 5.91 Å². The Morgan fingerprint density at radius 2 is 2.06 bits per heavy atom. The predicted octanol–water partition coefficient (Wildman–Crippen LogP) is 3.46. The summed E-state index contributed by atoms with van der Waals surface area (Å²) in [5.41, 5.74) is 2.36. The van der Waals surface area contributed by atoms with Crippen molar-refractivity contribution in [3.05, 3.63) is 48.1 Å². The molecule has 0 atom stereocenters. The molecule has 0 saturated heterocycles. The molecule has 8 heteroatoms. The van der Waals surface area contributed by atoms with Crippen molar-refractivity contribution >= 4 is 30.5 Å². The fourth-order valence-corrected chi connectivity index (χ4v) is 4.31. The summed E-state index contributed by atoms with van der Waals surface area (Å²) < 4.78 is 0. The van der Waals surface area contributed by atoms with Crippen LogP contribution in [-0.2, 0) is 0 Å². The number of hydrogen-bond donors (Lipinski definition) is 2. The lowest BCUT2D eigenvalue weighted by Crippen LogP contribution is -2.68. The number of nitrogens with one attached hydrogen (secondary N) is 2. The van der Waals surface area contributed by atoms with Crippen LogP contribution in [0, 0.1) is 5.92 Å². The summed E-state index contributed by atoms with van der Waals surface area (Å²) in [7, 11) is 5.38. The lowest BCUT2D eigenvalue weighted by atomic mass is 9.49. The normalized spacial score (nSPS) is 21.8. The van der Waals surface area contributed by atoms with E-state index in [4.69, 9.17) is 0 Å². The van der Waals surface area contributed by atoms with Gasteiger partial charge in [-0.1, -0.05) is 0 Å². The zero-order valence-electron chi connectivity index (χ0n) is 18.1. The average Bonchev–Trinajstić information content (AvgIpc) is 2.73. The summed E-state index contributed by atoms with van der Waals surface area (Å²) in [6.07, 6.45) is 10.2. The van der Waals surface area contributed by atoms with Crippen molar-refractivity contribution in [1.82, 2.24) is 14.9 Å². The molecule has 1 amide bonds. The van der Waals surface area contributed by atoms with Gasteiger partial charge in [0.1, 0.15) is 17.5 Å². The van der Waals surface area contributed by atoms with Crippen molar-refractivity contribution in [2.24, 2.45) is 15.9 Å². The highest BCUT2D eigenvalue weighted by molar-refractivity contribution is 6.00. The van der Waals surface area contributed by atoms with E-state index in [-0.39, 0.29) is 11.4 Å². The molecule has 2 heterocycles. The van der Waals surface area contributed by atoms with E-state index in [2.05, 4.69) is 37.3 Å². The van der Waals surface area contributed by atoms with Crippen LogP contribution in [0.15, 0.2) is 52.5 Å². The van der Waals surface area contributed by atoms with E-state index in [1.54, 1.807) is 38.8 Å². The Labute approximate surface area is 182 Å². The Balaban J connectivity index is 1.62. The fourth-order valence-electron chi connectivity index (χ4n) is 4.31. The number of aromatic nitrogens is 2. The Morgan fingerprint density at radius 3 is 2.68 bits per heavy atom. The number of hydrogen-bond acceptors (Lipinski definition) is 7. The van der Waals surface area contributed by atoms with Gasteiger partial charge in [-0.25, -0.2) is 15.0 Å². The lowest BCUT2D eigenvalue weighted by Gasteiger charge is -2.65. The second kappa shape index (κ2) is 8.29. The van der Waals surface area contributed by atoms with Crippen LogP contribution in [0.1, 0.15) is 29.6 Å². The summed E-state index contributed by atoms with van der Waals surface area (Å²) in [6.45, 7) is 3.56. The number of amides is 1. The third-order valence-corrected chi connectivity index (χ3v) is 6.28. The molecule has 2 N–H and O–H groups in total. The van der Waals surface area contributed by atoms with E-state index in [1.165, 1.54) is 0 Å². The average molecular weight is 418 g/mol. The van der Waals surface area contributed by atoms with Crippen molar-refractivity contribution < 1.29 is 4.79 Å². The number of aliphatic imine (C=N–C) groups is 2. The van der Waals surface area contributed by atoms with Crippen molar-refractivity contribution in [3.8, 4) is 11.1 Å². The second-order valence-corrected chi connectivity index (χ2v) is 8.11. The standard InChI is InChI=1S/C23H27N7O/c1-24-7-6-19(25-2)29-20-10-16(5-8-27-20)17-9-18(21(26-3)28-14-17)22(31)30(4)23-11-15(12-23)13-23/h5-10,14-15H,2,11-13H2,1,3-4H3,(H,26,28)(H,27,29)/b19-6+,24-7?. The van der Waals surface area contributed by atoms with Gasteiger partial charge in [-0.2, -0.15) is 0 Å². The molecule has 2 bridgehead atoms. The number of pyridine rings is 2. The maximum atomic E-state index is 13.3. The molecule has 3 aliphatic carbocycles. The Morgan fingerprint density at radius 1 is 1.29 bits per heavy atom. The van der Waals surface area contributed by atoms with E-state index in [0.29, 0.717) is 23.0 Å². The molecule has 3 aliphatic rings. The van der Waals surface area contributed by atoms with Crippen molar-refractivity contribution in [2.75, 3.05) is 31.8 Å². The smallest absolute Gasteiger partial charge is 0.257 e. The number of allylic oxidation sites excluding steroid dienone is 1. The van der Waals surface area contributed by atoms with E-state index in [0.717, 1.165) is 36.3 Å². The minimum Gasteiger partial charge on any atom is -0.372 e. The monoisotopic (exact) mass is 417 g/mol. The molecule has 0 spiro atoms. The molecule has 2 aromatic rings. The van der Waals surface area contributed by atoms with Crippen LogP contribution < -0.4 is 10.6 Å². The number of carbonyl (C=O) groups is 1. The van der Waals surface area contributed by atoms with Gasteiger partial charge in [0.15, 0.2) is 0 Å². The zero-order valence-corrected chi connectivity index (χ0v) is 18.1. The van der Waals surface area contributed by atoms with Gasteiger partial charge >= 0.3 is 0 Å². The topological polar surface area (TPSA) is 94.9 Å². The van der Waals surface area contributed by atoms with Gasteiger partial charge in [-0.05, 0) is 61.7 Å². The van der Waals surface area contributed by atoms with Gasteiger partial charge in [0.05, 0.1) is 5.56 Å². The highest BCUT2D eigenvalue weighted by atomic mass is 16.2. The minimum absolute atomic E-state index is 0.00387. The SMILES string of the molecule is C=N/C(=C\C=NC)Nc1cc(-c2cnc(NC)c(C(=O)N(C)C34CC(C3)C4)c2)ccn1. The van der Waals surface area contributed by atoms with E-state index < -0.39 is 0 Å². The van der Waals surface area contributed by atoms with Crippen LogP contribution in [-0.4, -0.2) is 60.4 Å². The van der Waals surface area contributed by atoms with Crippen LogP contribution in [0.5, 0.6) is 0 Å². The van der Waals surface area contributed by atoms with Crippen LogP contribution in [0.25, 0.3) is 11.1 Å². The van der Waals surface area contributed by atoms with E-state index in [9.17, 15) is 4.79 Å². The minimum atomic E-state index is 0.00387. The summed E-state index contributed by atoms with van der Waals surface area (Å²) in [6, 6.07) is 5.67. The van der Waals surface area contributed by atoms with E-state index in [1.807, 2.05) is 30.1 Å². The first-order chi connectivity index (χ1) is 15.0. The quantitative estimate of drug-likeness (QED) is 0.642. The molecular formula is C23H27N7O. The Hall–Kier alpha value is -3.55. The van der Waals surface area contributed by atoms with Gasteiger partial charge < -0.3 is 15.5 Å². The largest absolute Gasteiger partial charge is 0.372 e. The van der Waals surface area contributed by atoms with Crippen LogP contribution in [0.2, 0.25) is 0 Å². The first-order valence-electron chi connectivity index (χ1n) is 10.3. The Kier molecular flexibility index (Phi) is 5.54. The first kappa shape index (κ1) is 20.7. The molecule has 8 nitrogen and oxygen atoms in total. The third kappa shape index (κ3) is 3.81. The van der Waals surface area contributed by atoms with Crippen molar-refractivity contribution in [1.29, 1.82) is 0 Å². The van der Waals surface area contributed by atoms with Crippen molar-refractivity contribution in [2.45, 2.75) is 24.8 Å². The van der Waals surface area contributed by atoms with Gasteiger partial charge in [0.2, 0.25) is 0 Å². The number of carbonyl (C=O) groups excluding carboxylic acids is 1. The second-order valence-electron chi connectivity index (χ2n) is 8.11. The van der Waals surface area contributed by atoms with Crippen LogP contribution >= 0.6 is 0 Å². The molecule has 160 valence electrons. The highest BCUT2D eigenvalue weighted by Crippen LogP contribution is 2.60. The summed E-state index contributed by atoms with van der Waals surface area (Å²) >= 11 is 0. The number of nitrogens with zero attached hydrogens (tertiary/aromatic N) is 5. The Bertz CT molecular complexity index is 1060. The number of anilines is 2. The molecule has 0 aliphatic heterocycles. The molecule has 5 rings (SSSR count). The van der Waals surface area contributed by atoms with Gasteiger partial charge in [-0.3, -0.25) is 9.79 Å². The zero-order chi connectivity index (χ0) is 22.0. The molecule has 0 radical (unpaired) electrons. The lowest BCUT2D eigenvalue weighted by molar-refractivity contribution is -0.114. The summed E-state index contributed by atoms with van der Waals surface area (Å²) in [5.74, 6) is 2.54. The molecule has 3 fully saturated rings. The molecule has 0 aromatic carbocycles. The fraction of sp³-hybridized carbons (Fsp3) is 0.348. The van der Waals surface area contributed by atoms with Crippen LogP contribution in [0.4, 0.5) is 11.6 Å². The molecular weight excluding hydrogens is 390 g/mol. The first-order valence-corrected chi connectivity index (χ1v) is 10.3. The summed E-state index contributed by atoms with van der Waals surface area (Å²) in [5, 5.41) is 6.17.